The molecule has 1 saturated carbocycles. The van der Waals surface area contributed by atoms with Crippen molar-refractivity contribution in [3.05, 3.63) is 29.8 Å². The van der Waals surface area contributed by atoms with Crippen LogP contribution in [-0.4, -0.2) is 7.85 Å². The van der Waals surface area contributed by atoms with Gasteiger partial charge in [-0.2, -0.15) is 0 Å². The molecule has 2 rings (SSSR count). The fourth-order valence-corrected chi connectivity index (χ4v) is 3.31. The summed E-state index contributed by atoms with van der Waals surface area (Å²) in [5.41, 5.74) is 2.96. The van der Waals surface area contributed by atoms with Crippen molar-refractivity contribution >= 4 is 13.3 Å². The Morgan fingerprint density at radius 1 is 1.00 bits per heavy atom. The first-order valence-electron chi connectivity index (χ1n) is 7.86. The molecule has 0 atom stereocenters. The third-order valence-electron chi connectivity index (χ3n) is 4.61. The molecule has 0 heterocycles. The minimum Gasteiger partial charge on any atom is -0.0889 e. The van der Waals surface area contributed by atoms with E-state index in [1.54, 1.807) is 5.56 Å². The Hall–Kier alpha value is -0.715. The van der Waals surface area contributed by atoms with Crippen molar-refractivity contribution in [3.8, 4) is 0 Å². The quantitative estimate of drug-likeness (QED) is 0.544. The minimum atomic E-state index is 0.841. The van der Waals surface area contributed by atoms with Gasteiger partial charge in [0.1, 0.15) is 7.85 Å². The number of rotatable bonds is 5. The molecule has 0 radical (unpaired) electrons. The minimum absolute atomic E-state index is 0.841. The highest BCUT2D eigenvalue weighted by molar-refractivity contribution is 6.32. The number of benzene rings is 1. The molecule has 0 N–H and O–H groups in total. The maximum atomic E-state index is 2.34. The molecule has 1 aliphatic rings. The summed E-state index contributed by atoms with van der Waals surface area (Å²) < 4.78 is 0. The molecule has 0 aliphatic heterocycles. The summed E-state index contributed by atoms with van der Waals surface area (Å²) in [6, 6.07) is 9.22. The second-order valence-electron chi connectivity index (χ2n) is 6.12. The van der Waals surface area contributed by atoms with E-state index in [-0.39, 0.29) is 0 Å². The average Bonchev–Trinajstić information content (AvgIpc) is 2.41. The number of hydrogen-bond donors (Lipinski definition) is 0. The first kappa shape index (κ1) is 13.7. The molecular weight excluding hydrogens is 215 g/mol. The Balaban J connectivity index is 1.77. The van der Waals surface area contributed by atoms with Gasteiger partial charge >= 0.3 is 0 Å². The molecule has 0 aromatic heterocycles. The van der Waals surface area contributed by atoms with E-state index < -0.39 is 0 Å². The molecule has 0 saturated heterocycles. The summed E-state index contributed by atoms with van der Waals surface area (Å²) in [6.45, 7) is 2.30. The highest BCUT2D eigenvalue weighted by Crippen LogP contribution is 2.37. The third kappa shape index (κ3) is 3.90. The van der Waals surface area contributed by atoms with Gasteiger partial charge in [0.25, 0.3) is 0 Å². The van der Waals surface area contributed by atoms with Crippen LogP contribution in [0, 0.1) is 5.92 Å². The fraction of sp³-hybridized carbons (Fsp3) is 0.647. The van der Waals surface area contributed by atoms with Crippen LogP contribution in [-0.2, 0) is 0 Å². The predicted octanol–water partition coefficient (Wildman–Crippen LogP) is 3.80. The molecule has 1 aliphatic carbocycles. The third-order valence-corrected chi connectivity index (χ3v) is 4.61. The van der Waals surface area contributed by atoms with Crippen molar-refractivity contribution in [2.75, 3.05) is 0 Å². The van der Waals surface area contributed by atoms with Gasteiger partial charge in [-0.3, -0.25) is 0 Å². The van der Waals surface area contributed by atoms with E-state index in [0.29, 0.717) is 0 Å². The molecule has 18 heavy (non-hydrogen) atoms. The Morgan fingerprint density at radius 2 is 1.67 bits per heavy atom. The van der Waals surface area contributed by atoms with Gasteiger partial charge in [0.2, 0.25) is 0 Å². The number of unbranched alkanes of at least 4 members (excludes halogenated alkanes) is 2. The summed E-state index contributed by atoms with van der Waals surface area (Å²) in [4.78, 5) is 0. The van der Waals surface area contributed by atoms with Gasteiger partial charge in [-0.25, -0.2) is 0 Å². The number of hydrogen-bond acceptors (Lipinski definition) is 0. The lowest BCUT2D eigenvalue weighted by Gasteiger charge is -2.29. The average molecular weight is 242 g/mol. The van der Waals surface area contributed by atoms with E-state index in [1.807, 2.05) is 0 Å². The standard InChI is InChI=1S/C17H27B/c1-2-3-4-5-14-6-8-15(9-7-14)16-10-12-17(18)13-11-16/h10-15H,2-9,18H2,1H3. The maximum absolute atomic E-state index is 2.34. The molecule has 0 bridgehead atoms. The second kappa shape index (κ2) is 7.02. The molecule has 0 nitrogen and oxygen atoms in total. The van der Waals surface area contributed by atoms with E-state index >= 15 is 0 Å². The molecular formula is C17H27B. The molecule has 1 aromatic rings. The van der Waals surface area contributed by atoms with Gasteiger partial charge in [0.15, 0.2) is 0 Å². The van der Waals surface area contributed by atoms with Crippen LogP contribution < -0.4 is 5.46 Å². The molecule has 1 aromatic carbocycles. The lowest BCUT2D eigenvalue weighted by atomic mass is 9.76. The van der Waals surface area contributed by atoms with Crippen LogP contribution in [0.2, 0.25) is 0 Å². The van der Waals surface area contributed by atoms with Crippen LogP contribution in [0.4, 0.5) is 0 Å². The summed E-state index contributed by atoms with van der Waals surface area (Å²) in [6.07, 6.45) is 11.5. The normalized spacial score (nSPS) is 24.1. The van der Waals surface area contributed by atoms with Crippen LogP contribution in [0.3, 0.4) is 0 Å². The van der Waals surface area contributed by atoms with E-state index in [4.69, 9.17) is 0 Å². The van der Waals surface area contributed by atoms with Gasteiger partial charge in [-0.15, -0.1) is 0 Å². The van der Waals surface area contributed by atoms with Gasteiger partial charge in [0, 0.05) is 0 Å². The summed E-state index contributed by atoms with van der Waals surface area (Å²) in [7, 11) is 2.18. The Morgan fingerprint density at radius 3 is 2.28 bits per heavy atom. The molecule has 1 fully saturated rings. The zero-order chi connectivity index (χ0) is 12.8. The molecule has 1 heteroatoms. The van der Waals surface area contributed by atoms with Gasteiger partial charge in [-0.1, -0.05) is 62.3 Å². The Labute approximate surface area is 114 Å². The van der Waals surface area contributed by atoms with Crippen molar-refractivity contribution in [1.82, 2.24) is 0 Å². The van der Waals surface area contributed by atoms with E-state index in [2.05, 4.69) is 39.0 Å². The highest BCUT2D eigenvalue weighted by Gasteiger charge is 2.21. The zero-order valence-electron chi connectivity index (χ0n) is 12.1. The molecule has 0 unspecified atom stereocenters. The summed E-state index contributed by atoms with van der Waals surface area (Å²) in [5.74, 6) is 1.87. The first-order chi connectivity index (χ1) is 8.79. The topological polar surface area (TPSA) is 0 Å². The SMILES string of the molecule is Bc1ccc(C2CCC(CCCCC)CC2)cc1. The van der Waals surface area contributed by atoms with Crippen molar-refractivity contribution < 1.29 is 0 Å². The van der Waals surface area contributed by atoms with E-state index in [0.717, 1.165) is 11.8 Å². The van der Waals surface area contributed by atoms with Crippen molar-refractivity contribution in [1.29, 1.82) is 0 Å². The van der Waals surface area contributed by atoms with Crippen molar-refractivity contribution in [3.63, 3.8) is 0 Å². The summed E-state index contributed by atoms with van der Waals surface area (Å²) >= 11 is 0. The van der Waals surface area contributed by atoms with Crippen LogP contribution in [0.15, 0.2) is 24.3 Å². The molecule has 0 spiro atoms. The Bertz CT molecular complexity index is 333. The first-order valence-corrected chi connectivity index (χ1v) is 7.86. The van der Waals surface area contributed by atoms with E-state index in [9.17, 15) is 0 Å². The molecule has 98 valence electrons. The highest BCUT2D eigenvalue weighted by atomic mass is 14.3. The lowest BCUT2D eigenvalue weighted by molar-refractivity contribution is 0.303. The van der Waals surface area contributed by atoms with Crippen LogP contribution >= 0.6 is 0 Å². The fourth-order valence-electron chi connectivity index (χ4n) is 3.31. The molecule has 0 amide bonds. The lowest BCUT2D eigenvalue weighted by Crippen LogP contribution is -2.14. The van der Waals surface area contributed by atoms with E-state index in [1.165, 1.54) is 56.8 Å². The zero-order valence-corrected chi connectivity index (χ0v) is 12.1. The predicted molar refractivity (Wildman–Crippen MR) is 83.5 cm³/mol. The van der Waals surface area contributed by atoms with Crippen LogP contribution in [0.5, 0.6) is 0 Å². The second-order valence-corrected chi connectivity index (χ2v) is 6.12. The monoisotopic (exact) mass is 242 g/mol. The largest absolute Gasteiger partial charge is 0.139 e. The smallest absolute Gasteiger partial charge is 0.0889 e. The Kier molecular flexibility index (Phi) is 5.34. The van der Waals surface area contributed by atoms with Crippen molar-refractivity contribution in [2.45, 2.75) is 64.2 Å². The van der Waals surface area contributed by atoms with Gasteiger partial charge in [-0.05, 0) is 43.1 Å². The van der Waals surface area contributed by atoms with Gasteiger partial charge in [0.05, 0.1) is 0 Å². The van der Waals surface area contributed by atoms with Crippen LogP contribution in [0.25, 0.3) is 0 Å². The van der Waals surface area contributed by atoms with Crippen LogP contribution in [0.1, 0.15) is 69.8 Å². The van der Waals surface area contributed by atoms with Gasteiger partial charge < -0.3 is 0 Å². The van der Waals surface area contributed by atoms with Crippen molar-refractivity contribution in [2.24, 2.45) is 5.92 Å². The summed E-state index contributed by atoms with van der Waals surface area (Å²) in [5, 5.41) is 0. The maximum Gasteiger partial charge on any atom is 0.139 e.